The molecule has 22 heavy (non-hydrogen) atoms. The first-order valence-electron chi connectivity index (χ1n) is 7.39. The zero-order valence-electron chi connectivity index (χ0n) is 12.7. The van der Waals surface area contributed by atoms with Crippen molar-refractivity contribution in [3.8, 4) is 0 Å². The van der Waals surface area contributed by atoms with Gasteiger partial charge in [0.25, 0.3) is 5.69 Å². The minimum absolute atomic E-state index is 0.131. The third kappa shape index (κ3) is 4.56. The second kappa shape index (κ2) is 7.56. The molecule has 0 saturated carbocycles. The quantitative estimate of drug-likeness (QED) is 0.467. The number of nitro groups is 1. The van der Waals surface area contributed by atoms with Crippen LogP contribution in [0.5, 0.6) is 0 Å². The number of nitrogens with zero attached hydrogens (tertiary/aromatic N) is 1. The van der Waals surface area contributed by atoms with E-state index in [4.69, 9.17) is 5.73 Å². The summed E-state index contributed by atoms with van der Waals surface area (Å²) in [6.07, 6.45) is 1.84. The fourth-order valence-corrected chi connectivity index (χ4v) is 2.30. The molecule has 0 spiro atoms. The van der Waals surface area contributed by atoms with E-state index in [-0.39, 0.29) is 10.6 Å². The largest absolute Gasteiger partial charge is 0.399 e. The molecule has 0 bridgehead atoms. The van der Waals surface area contributed by atoms with Crippen LogP contribution < -0.4 is 11.1 Å². The molecule has 116 valence electrons. The van der Waals surface area contributed by atoms with Crippen LogP contribution in [0.3, 0.4) is 0 Å². The number of nitro benzene ring substituents is 1. The van der Waals surface area contributed by atoms with Crippen LogP contribution in [0.15, 0.2) is 48.5 Å². The third-order valence-electron chi connectivity index (χ3n) is 3.70. The van der Waals surface area contributed by atoms with E-state index in [0.717, 1.165) is 30.6 Å². The molecule has 1 atom stereocenters. The molecule has 3 N–H and O–H groups in total. The van der Waals surface area contributed by atoms with Crippen LogP contribution in [0.25, 0.3) is 0 Å². The Hall–Kier alpha value is -2.40. The summed E-state index contributed by atoms with van der Waals surface area (Å²) in [6, 6.07) is 14.9. The predicted molar refractivity (Wildman–Crippen MR) is 88.6 cm³/mol. The zero-order chi connectivity index (χ0) is 15.9. The molecular formula is C17H21N3O2. The molecule has 0 saturated heterocycles. The highest BCUT2D eigenvalue weighted by Crippen LogP contribution is 2.14. The smallest absolute Gasteiger partial charge is 0.269 e. The maximum Gasteiger partial charge on any atom is 0.269 e. The van der Waals surface area contributed by atoms with Gasteiger partial charge in [-0.25, -0.2) is 0 Å². The molecule has 0 aliphatic carbocycles. The summed E-state index contributed by atoms with van der Waals surface area (Å²) in [5.74, 6) is 0. The Morgan fingerprint density at radius 2 is 1.68 bits per heavy atom. The summed E-state index contributed by atoms with van der Waals surface area (Å²) in [4.78, 5) is 10.3. The number of hydrogen-bond acceptors (Lipinski definition) is 4. The van der Waals surface area contributed by atoms with Crippen LogP contribution in [-0.4, -0.2) is 11.0 Å². The van der Waals surface area contributed by atoms with Crippen molar-refractivity contribution < 1.29 is 4.92 Å². The lowest BCUT2D eigenvalue weighted by atomic mass is 10.0. The molecule has 0 heterocycles. The SMILES string of the molecule is CCC(Cc1ccc([N+](=O)[O-])cc1)NCc1ccc(N)cc1. The van der Waals surface area contributed by atoms with Crippen LogP contribution in [0.1, 0.15) is 24.5 Å². The van der Waals surface area contributed by atoms with E-state index in [1.165, 1.54) is 5.56 Å². The Bertz CT molecular complexity index is 609. The van der Waals surface area contributed by atoms with E-state index in [2.05, 4.69) is 12.2 Å². The second-order valence-corrected chi connectivity index (χ2v) is 5.36. The van der Waals surface area contributed by atoms with E-state index < -0.39 is 0 Å². The van der Waals surface area contributed by atoms with Gasteiger partial charge in [-0.1, -0.05) is 31.2 Å². The number of rotatable bonds is 7. The Morgan fingerprint density at radius 3 is 2.23 bits per heavy atom. The Morgan fingerprint density at radius 1 is 1.09 bits per heavy atom. The molecule has 5 heteroatoms. The van der Waals surface area contributed by atoms with Crippen molar-refractivity contribution in [1.29, 1.82) is 0 Å². The molecule has 0 amide bonds. The van der Waals surface area contributed by atoms with E-state index in [9.17, 15) is 10.1 Å². The average molecular weight is 299 g/mol. The molecule has 0 radical (unpaired) electrons. The number of nitrogens with one attached hydrogen (secondary N) is 1. The van der Waals surface area contributed by atoms with Crippen molar-refractivity contribution in [2.45, 2.75) is 32.4 Å². The molecule has 5 nitrogen and oxygen atoms in total. The normalized spacial score (nSPS) is 12.0. The van der Waals surface area contributed by atoms with Crippen LogP contribution in [0, 0.1) is 10.1 Å². The van der Waals surface area contributed by atoms with Gasteiger partial charge in [-0.2, -0.15) is 0 Å². The van der Waals surface area contributed by atoms with Crippen LogP contribution in [0.2, 0.25) is 0 Å². The molecule has 0 fully saturated rings. The summed E-state index contributed by atoms with van der Waals surface area (Å²) in [5.41, 5.74) is 8.86. The van der Waals surface area contributed by atoms with Gasteiger partial charge in [0.1, 0.15) is 0 Å². The molecule has 0 aliphatic heterocycles. The Labute approximate surface area is 130 Å². The topological polar surface area (TPSA) is 81.2 Å². The van der Waals surface area contributed by atoms with Crippen LogP contribution >= 0.6 is 0 Å². The van der Waals surface area contributed by atoms with Crippen molar-refractivity contribution >= 4 is 11.4 Å². The molecular weight excluding hydrogens is 278 g/mol. The summed E-state index contributed by atoms with van der Waals surface area (Å²) in [7, 11) is 0. The van der Waals surface area contributed by atoms with Gasteiger partial charge in [0.15, 0.2) is 0 Å². The summed E-state index contributed by atoms with van der Waals surface area (Å²) >= 11 is 0. The first-order valence-corrected chi connectivity index (χ1v) is 7.39. The highest BCUT2D eigenvalue weighted by atomic mass is 16.6. The van der Waals surface area contributed by atoms with Crippen LogP contribution in [0.4, 0.5) is 11.4 Å². The molecule has 2 rings (SSSR count). The highest BCUT2D eigenvalue weighted by molar-refractivity contribution is 5.39. The predicted octanol–water partition coefficient (Wildman–Crippen LogP) is 3.29. The van der Waals surface area contributed by atoms with E-state index in [1.54, 1.807) is 12.1 Å². The maximum atomic E-state index is 10.7. The first kappa shape index (κ1) is 16.0. The average Bonchev–Trinajstić information content (AvgIpc) is 2.53. The standard InChI is InChI=1S/C17H21N3O2/c1-2-16(19-12-14-3-7-15(18)8-4-14)11-13-5-9-17(10-6-13)20(21)22/h3-10,16,19H,2,11-12,18H2,1H3. The Balaban J connectivity index is 1.91. The van der Waals surface area contributed by atoms with E-state index in [1.807, 2.05) is 36.4 Å². The minimum atomic E-state index is -0.375. The van der Waals surface area contributed by atoms with Gasteiger partial charge in [-0.15, -0.1) is 0 Å². The van der Waals surface area contributed by atoms with Crippen molar-refractivity contribution in [2.75, 3.05) is 5.73 Å². The maximum absolute atomic E-state index is 10.7. The molecule has 2 aromatic rings. The number of non-ortho nitro benzene ring substituents is 1. The van der Waals surface area contributed by atoms with Crippen molar-refractivity contribution in [1.82, 2.24) is 5.32 Å². The van der Waals surface area contributed by atoms with Crippen LogP contribution in [-0.2, 0) is 13.0 Å². The fourth-order valence-electron chi connectivity index (χ4n) is 2.30. The molecule has 0 aromatic heterocycles. The van der Waals surface area contributed by atoms with E-state index in [0.29, 0.717) is 6.04 Å². The lowest BCUT2D eigenvalue weighted by Crippen LogP contribution is -2.30. The van der Waals surface area contributed by atoms with Gasteiger partial charge >= 0.3 is 0 Å². The third-order valence-corrected chi connectivity index (χ3v) is 3.70. The van der Waals surface area contributed by atoms with Gasteiger partial charge in [0.05, 0.1) is 4.92 Å². The molecule has 2 aromatic carbocycles. The van der Waals surface area contributed by atoms with Crippen molar-refractivity contribution in [2.24, 2.45) is 0 Å². The highest BCUT2D eigenvalue weighted by Gasteiger charge is 2.09. The monoisotopic (exact) mass is 299 g/mol. The Kier molecular flexibility index (Phi) is 5.49. The molecule has 0 aliphatic rings. The number of nitrogen functional groups attached to an aromatic ring is 1. The van der Waals surface area contributed by atoms with Gasteiger partial charge in [-0.05, 0) is 36.1 Å². The van der Waals surface area contributed by atoms with Crippen molar-refractivity contribution in [3.05, 3.63) is 69.8 Å². The summed E-state index contributed by atoms with van der Waals surface area (Å²) in [6.45, 7) is 2.91. The second-order valence-electron chi connectivity index (χ2n) is 5.36. The minimum Gasteiger partial charge on any atom is -0.399 e. The molecule has 1 unspecified atom stereocenters. The number of hydrogen-bond donors (Lipinski definition) is 2. The number of nitrogens with two attached hydrogens (primary N) is 1. The lowest BCUT2D eigenvalue weighted by Gasteiger charge is -2.17. The van der Waals surface area contributed by atoms with Gasteiger partial charge in [0, 0.05) is 30.4 Å². The zero-order valence-corrected chi connectivity index (χ0v) is 12.7. The summed E-state index contributed by atoms with van der Waals surface area (Å²) in [5, 5.41) is 14.2. The van der Waals surface area contributed by atoms with Gasteiger partial charge < -0.3 is 11.1 Å². The van der Waals surface area contributed by atoms with Gasteiger partial charge in [0.2, 0.25) is 0 Å². The van der Waals surface area contributed by atoms with Gasteiger partial charge in [-0.3, -0.25) is 10.1 Å². The van der Waals surface area contributed by atoms with Crippen molar-refractivity contribution in [3.63, 3.8) is 0 Å². The lowest BCUT2D eigenvalue weighted by molar-refractivity contribution is -0.384. The number of benzene rings is 2. The fraction of sp³-hybridized carbons (Fsp3) is 0.294. The van der Waals surface area contributed by atoms with E-state index >= 15 is 0 Å². The number of anilines is 1. The summed E-state index contributed by atoms with van der Waals surface area (Å²) < 4.78 is 0. The first-order chi connectivity index (χ1) is 10.6.